The van der Waals surface area contributed by atoms with Gasteiger partial charge in [-0.25, -0.2) is 9.59 Å². The van der Waals surface area contributed by atoms with Gasteiger partial charge in [0.2, 0.25) is 12.2 Å². The summed E-state index contributed by atoms with van der Waals surface area (Å²) >= 11 is 1.42. The molecule has 3 atom stereocenters. The standard InChI is InChI=1S/C19H24BNO8S/c1-4-26-18(24)28-11(2)27-17(23)13-7-5-6-12-8-19(20(25)29-16(12)13)9-14(19)21-15(22)10-30-3/h5-7,11,14,25H,4,8-10H2,1-3H3,(H,21,22). The smallest absolute Gasteiger partial charge is 0.531 e. The van der Waals surface area contributed by atoms with Gasteiger partial charge in [0.25, 0.3) is 0 Å². The van der Waals surface area contributed by atoms with E-state index < -0.39 is 30.8 Å². The quantitative estimate of drug-likeness (QED) is 0.374. The number of benzene rings is 1. The molecule has 9 nitrogen and oxygen atoms in total. The maximum atomic E-state index is 12.6. The Bertz CT molecular complexity index is 837. The number of rotatable bonds is 7. The predicted molar refractivity (Wildman–Crippen MR) is 109 cm³/mol. The van der Waals surface area contributed by atoms with Crippen molar-refractivity contribution in [2.24, 2.45) is 0 Å². The Kier molecular flexibility index (Phi) is 6.82. The molecule has 30 heavy (non-hydrogen) atoms. The molecule has 1 fully saturated rings. The molecule has 0 bridgehead atoms. The van der Waals surface area contributed by atoms with Crippen molar-refractivity contribution in [3.63, 3.8) is 0 Å². The first-order valence-electron chi connectivity index (χ1n) is 9.60. The van der Waals surface area contributed by atoms with E-state index in [0.717, 1.165) is 5.56 Å². The van der Waals surface area contributed by atoms with Crippen molar-refractivity contribution in [1.82, 2.24) is 5.32 Å². The molecule has 11 heteroatoms. The van der Waals surface area contributed by atoms with Crippen molar-refractivity contribution >= 4 is 36.9 Å². The molecule has 1 aromatic carbocycles. The topological polar surface area (TPSA) is 120 Å². The average molecular weight is 437 g/mol. The number of amides is 1. The Morgan fingerprint density at radius 3 is 2.87 bits per heavy atom. The van der Waals surface area contributed by atoms with Crippen molar-refractivity contribution < 1.29 is 38.3 Å². The summed E-state index contributed by atoms with van der Waals surface area (Å²) < 4.78 is 20.3. The molecule has 1 aliphatic heterocycles. The SMILES string of the molecule is CCOC(=O)OC(C)OC(=O)c1cccc2c1OB(O)C1(C2)CC1NC(=O)CSC. The number of thioether (sulfide) groups is 1. The highest BCUT2D eigenvalue weighted by Gasteiger charge is 2.66. The van der Waals surface area contributed by atoms with Crippen LogP contribution in [-0.2, 0) is 25.4 Å². The fourth-order valence-corrected chi connectivity index (χ4v) is 3.92. The van der Waals surface area contributed by atoms with Gasteiger partial charge in [-0.15, -0.1) is 0 Å². The summed E-state index contributed by atoms with van der Waals surface area (Å²) in [4.78, 5) is 35.8. The van der Waals surface area contributed by atoms with Crippen molar-refractivity contribution in [3.8, 4) is 5.75 Å². The van der Waals surface area contributed by atoms with Gasteiger partial charge >= 0.3 is 19.2 Å². The van der Waals surface area contributed by atoms with Crippen LogP contribution >= 0.6 is 11.8 Å². The Morgan fingerprint density at radius 2 is 2.17 bits per heavy atom. The minimum atomic E-state index is -1.17. The Hall–Kier alpha value is -2.40. The highest BCUT2D eigenvalue weighted by atomic mass is 32.2. The minimum absolute atomic E-state index is 0.0877. The van der Waals surface area contributed by atoms with E-state index in [0.29, 0.717) is 18.6 Å². The summed E-state index contributed by atoms with van der Waals surface area (Å²) in [5, 5.41) is 12.9. The lowest BCUT2D eigenvalue weighted by molar-refractivity contribution is -0.118. The van der Waals surface area contributed by atoms with Crippen LogP contribution in [0.4, 0.5) is 4.79 Å². The molecule has 0 aromatic heterocycles. The number of hydrogen-bond donors (Lipinski definition) is 2. The second-order valence-corrected chi connectivity index (χ2v) is 8.07. The van der Waals surface area contributed by atoms with E-state index in [9.17, 15) is 19.4 Å². The van der Waals surface area contributed by atoms with Crippen LogP contribution < -0.4 is 9.97 Å². The second kappa shape index (κ2) is 9.17. The van der Waals surface area contributed by atoms with Crippen molar-refractivity contribution in [1.29, 1.82) is 0 Å². The summed E-state index contributed by atoms with van der Waals surface area (Å²) in [5.41, 5.74) is 0.847. The zero-order valence-electron chi connectivity index (χ0n) is 17.0. The van der Waals surface area contributed by atoms with Crippen LogP contribution in [-0.4, -0.2) is 61.1 Å². The van der Waals surface area contributed by atoms with E-state index in [1.807, 2.05) is 6.26 Å². The average Bonchev–Trinajstić information content (AvgIpc) is 3.34. The van der Waals surface area contributed by atoms with Gasteiger partial charge in [0, 0.05) is 18.3 Å². The third-order valence-corrected chi connectivity index (χ3v) is 5.63. The summed E-state index contributed by atoms with van der Waals surface area (Å²) in [6.45, 7) is 3.15. The van der Waals surface area contributed by atoms with Gasteiger partial charge in [-0.3, -0.25) is 4.79 Å². The fraction of sp³-hybridized carbons (Fsp3) is 0.526. The van der Waals surface area contributed by atoms with Gasteiger partial charge in [-0.05, 0) is 37.7 Å². The third-order valence-electron chi connectivity index (χ3n) is 5.08. The van der Waals surface area contributed by atoms with Crippen LogP contribution in [0.3, 0.4) is 0 Å². The van der Waals surface area contributed by atoms with E-state index in [2.05, 4.69) is 10.1 Å². The minimum Gasteiger partial charge on any atom is -0.535 e. The number of carbonyl (C=O) groups is 3. The van der Waals surface area contributed by atoms with Crippen molar-refractivity contribution in [2.45, 2.75) is 44.3 Å². The molecule has 3 rings (SSSR count). The van der Waals surface area contributed by atoms with Crippen LogP contribution in [0.2, 0.25) is 5.31 Å². The number of hydrogen-bond acceptors (Lipinski definition) is 9. The molecule has 0 radical (unpaired) electrons. The lowest BCUT2D eigenvalue weighted by Gasteiger charge is -2.29. The Morgan fingerprint density at radius 1 is 1.40 bits per heavy atom. The molecule has 1 amide bonds. The van der Waals surface area contributed by atoms with Crippen LogP contribution in [0.1, 0.15) is 36.2 Å². The first kappa shape index (κ1) is 22.3. The molecule has 1 heterocycles. The van der Waals surface area contributed by atoms with Crippen LogP contribution in [0, 0.1) is 0 Å². The normalized spacial score (nSPS) is 22.4. The van der Waals surface area contributed by atoms with E-state index in [4.69, 9.17) is 14.1 Å². The van der Waals surface area contributed by atoms with Gasteiger partial charge < -0.3 is 29.2 Å². The zero-order chi connectivity index (χ0) is 21.9. The molecule has 2 aliphatic rings. The number of carbonyl (C=O) groups excluding carboxylic acids is 3. The van der Waals surface area contributed by atoms with Gasteiger partial charge in [0.1, 0.15) is 11.3 Å². The Labute approximate surface area is 178 Å². The van der Waals surface area contributed by atoms with Crippen LogP contribution in [0.25, 0.3) is 0 Å². The highest BCUT2D eigenvalue weighted by molar-refractivity contribution is 7.99. The molecule has 3 unspecified atom stereocenters. The monoisotopic (exact) mass is 437 g/mol. The number of nitrogens with one attached hydrogen (secondary N) is 1. The molecule has 1 saturated carbocycles. The number of esters is 1. The lowest BCUT2D eigenvalue weighted by Crippen LogP contribution is -2.41. The largest absolute Gasteiger partial charge is 0.535 e. The maximum absolute atomic E-state index is 12.6. The van der Waals surface area contributed by atoms with E-state index >= 15 is 0 Å². The molecular formula is C19H24BNO8S. The van der Waals surface area contributed by atoms with E-state index in [-0.39, 0.29) is 29.9 Å². The van der Waals surface area contributed by atoms with Crippen LogP contribution in [0.5, 0.6) is 5.75 Å². The molecule has 1 spiro atoms. The van der Waals surface area contributed by atoms with Crippen LogP contribution in [0.15, 0.2) is 18.2 Å². The van der Waals surface area contributed by atoms with Gasteiger partial charge in [0.15, 0.2) is 0 Å². The molecular weight excluding hydrogens is 413 g/mol. The van der Waals surface area contributed by atoms with Gasteiger partial charge in [-0.1, -0.05) is 12.1 Å². The fourth-order valence-electron chi connectivity index (χ4n) is 3.57. The molecule has 162 valence electrons. The summed E-state index contributed by atoms with van der Waals surface area (Å²) in [7, 11) is -1.17. The van der Waals surface area contributed by atoms with E-state index in [1.165, 1.54) is 24.8 Å². The highest BCUT2D eigenvalue weighted by Crippen LogP contribution is 2.61. The maximum Gasteiger partial charge on any atom is 0.531 e. The summed E-state index contributed by atoms with van der Waals surface area (Å²) in [6, 6.07) is 4.81. The first-order valence-corrected chi connectivity index (χ1v) is 11.0. The number of fused-ring (bicyclic) bond motifs is 1. The van der Waals surface area contributed by atoms with Crippen molar-refractivity contribution in [2.75, 3.05) is 18.6 Å². The summed E-state index contributed by atoms with van der Waals surface area (Å²) in [6.07, 6.45) is 0.781. The first-order chi connectivity index (χ1) is 14.3. The Balaban J connectivity index is 1.69. The zero-order valence-corrected chi connectivity index (χ0v) is 17.8. The summed E-state index contributed by atoms with van der Waals surface area (Å²) in [5.74, 6) is -0.268. The number of para-hydroxylation sites is 1. The third kappa shape index (κ3) is 4.67. The second-order valence-electron chi connectivity index (χ2n) is 7.21. The molecule has 2 N–H and O–H groups in total. The predicted octanol–water partition coefficient (Wildman–Crippen LogP) is 1.77. The molecule has 0 saturated heterocycles. The van der Waals surface area contributed by atoms with Gasteiger partial charge in [0.05, 0.1) is 12.4 Å². The number of ether oxygens (including phenoxy) is 3. The van der Waals surface area contributed by atoms with E-state index in [1.54, 1.807) is 19.1 Å². The molecule has 1 aliphatic carbocycles. The van der Waals surface area contributed by atoms with Crippen molar-refractivity contribution in [3.05, 3.63) is 29.3 Å². The lowest BCUT2D eigenvalue weighted by atomic mass is 9.62. The molecule has 1 aromatic rings. The van der Waals surface area contributed by atoms with Gasteiger partial charge in [-0.2, -0.15) is 11.8 Å².